The second-order valence-electron chi connectivity index (χ2n) is 6.23. The van der Waals surface area contributed by atoms with Crippen molar-refractivity contribution in [2.45, 2.75) is 70.0 Å². The van der Waals surface area contributed by atoms with Crippen molar-refractivity contribution in [2.24, 2.45) is 0 Å². The number of rotatable bonds is 5. The van der Waals surface area contributed by atoms with Gasteiger partial charge in [0.2, 0.25) is 0 Å². The van der Waals surface area contributed by atoms with E-state index in [-0.39, 0.29) is 0 Å². The Hall–Kier alpha value is -0.120. The van der Waals surface area contributed by atoms with Crippen LogP contribution >= 0.6 is 0 Å². The van der Waals surface area contributed by atoms with Gasteiger partial charge in [0.05, 0.1) is 0 Å². The molecule has 1 aliphatic carbocycles. The first-order valence-corrected chi connectivity index (χ1v) is 7.70. The largest absolute Gasteiger partial charge is 0.385 e. The first-order chi connectivity index (χ1) is 8.71. The molecule has 2 atom stereocenters. The van der Waals surface area contributed by atoms with Gasteiger partial charge in [-0.2, -0.15) is 0 Å². The van der Waals surface area contributed by atoms with Crippen LogP contribution in [0.25, 0.3) is 0 Å². The maximum atomic E-state index is 5.25. The van der Waals surface area contributed by atoms with Crippen LogP contribution in [0, 0.1) is 0 Å². The highest BCUT2D eigenvalue weighted by Gasteiger charge is 2.41. The number of ether oxygens (including phenoxy) is 1. The average Bonchev–Trinajstić information content (AvgIpc) is 2.84. The van der Waals surface area contributed by atoms with Crippen molar-refractivity contribution < 1.29 is 4.74 Å². The number of nitrogens with zero attached hydrogens (tertiary/aromatic N) is 1. The fraction of sp³-hybridized carbons (Fsp3) is 1.00. The zero-order valence-corrected chi connectivity index (χ0v) is 12.4. The molecule has 2 fully saturated rings. The third kappa shape index (κ3) is 3.06. The Bertz CT molecular complexity index is 251. The highest BCUT2D eigenvalue weighted by Crippen LogP contribution is 2.34. The molecule has 0 radical (unpaired) electrons. The average molecular weight is 254 g/mol. The Morgan fingerprint density at radius 1 is 1.39 bits per heavy atom. The first kappa shape index (κ1) is 14.3. The molecule has 0 bridgehead atoms. The maximum absolute atomic E-state index is 5.25. The normalized spacial score (nSPS) is 29.8. The lowest BCUT2D eigenvalue weighted by molar-refractivity contribution is 0.0340. The quantitative estimate of drug-likeness (QED) is 0.815. The SMILES string of the molecule is CCC1CNC2(CCCC2)CN1C(C)CCOC. The predicted molar refractivity (Wildman–Crippen MR) is 75.9 cm³/mol. The molecule has 1 aliphatic heterocycles. The molecule has 106 valence electrons. The van der Waals surface area contributed by atoms with Gasteiger partial charge in [-0.05, 0) is 32.6 Å². The Kier molecular flexibility index (Phi) is 5.05. The van der Waals surface area contributed by atoms with Gasteiger partial charge in [-0.15, -0.1) is 0 Å². The Balaban J connectivity index is 1.98. The van der Waals surface area contributed by atoms with Crippen molar-refractivity contribution in [3.05, 3.63) is 0 Å². The molecule has 18 heavy (non-hydrogen) atoms. The summed E-state index contributed by atoms with van der Waals surface area (Å²) in [6.45, 7) is 7.99. The second-order valence-corrected chi connectivity index (χ2v) is 6.23. The summed E-state index contributed by atoms with van der Waals surface area (Å²) in [5, 5.41) is 3.86. The molecule has 2 rings (SSSR count). The number of hydrogen-bond donors (Lipinski definition) is 1. The molecular formula is C15H30N2O. The molecule has 2 aliphatic rings. The van der Waals surface area contributed by atoms with Crippen LogP contribution in [0.1, 0.15) is 52.4 Å². The summed E-state index contributed by atoms with van der Waals surface area (Å²) in [6, 6.07) is 1.36. The molecule has 2 unspecified atom stereocenters. The molecule has 0 aromatic heterocycles. The van der Waals surface area contributed by atoms with Gasteiger partial charge in [0, 0.05) is 44.4 Å². The summed E-state index contributed by atoms with van der Waals surface area (Å²) in [4.78, 5) is 2.75. The van der Waals surface area contributed by atoms with Crippen LogP contribution in [-0.2, 0) is 4.74 Å². The number of hydrogen-bond acceptors (Lipinski definition) is 3. The van der Waals surface area contributed by atoms with E-state index in [0.29, 0.717) is 17.6 Å². The van der Waals surface area contributed by atoms with E-state index in [2.05, 4.69) is 24.1 Å². The standard InChI is InChI=1S/C15H30N2O/c1-4-14-11-16-15(8-5-6-9-15)12-17(14)13(2)7-10-18-3/h13-14,16H,4-12H2,1-3H3. The van der Waals surface area contributed by atoms with Crippen molar-refractivity contribution in [1.29, 1.82) is 0 Å². The van der Waals surface area contributed by atoms with Gasteiger partial charge in [0.1, 0.15) is 0 Å². The van der Waals surface area contributed by atoms with E-state index >= 15 is 0 Å². The topological polar surface area (TPSA) is 24.5 Å². The van der Waals surface area contributed by atoms with Gasteiger partial charge in [-0.1, -0.05) is 19.8 Å². The van der Waals surface area contributed by atoms with Crippen LogP contribution in [0.15, 0.2) is 0 Å². The summed E-state index contributed by atoms with van der Waals surface area (Å²) in [5.41, 5.74) is 0.438. The van der Waals surface area contributed by atoms with Gasteiger partial charge >= 0.3 is 0 Å². The molecule has 1 saturated heterocycles. The molecule has 1 heterocycles. The molecule has 1 spiro atoms. The van der Waals surface area contributed by atoms with Crippen molar-refractivity contribution in [1.82, 2.24) is 10.2 Å². The minimum atomic E-state index is 0.438. The third-order valence-electron chi connectivity index (χ3n) is 5.00. The number of piperazine rings is 1. The van der Waals surface area contributed by atoms with E-state index in [1.807, 2.05) is 0 Å². The maximum Gasteiger partial charge on any atom is 0.0477 e. The van der Waals surface area contributed by atoms with E-state index < -0.39 is 0 Å². The van der Waals surface area contributed by atoms with Crippen LogP contribution < -0.4 is 5.32 Å². The van der Waals surface area contributed by atoms with Crippen LogP contribution in [0.4, 0.5) is 0 Å². The first-order valence-electron chi connectivity index (χ1n) is 7.70. The van der Waals surface area contributed by atoms with Crippen molar-refractivity contribution in [3.63, 3.8) is 0 Å². The Morgan fingerprint density at radius 2 is 2.11 bits per heavy atom. The van der Waals surface area contributed by atoms with Crippen molar-refractivity contribution >= 4 is 0 Å². The number of methoxy groups -OCH3 is 1. The Labute approximate surface area is 112 Å². The lowest BCUT2D eigenvalue weighted by Crippen LogP contribution is -2.64. The molecule has 1 saturated carbocycles. The minimum Gasteiger partial charge on any atom is -0.385 e. The summed E-state index contributed by atoms with van der Waals surface area (Å²) in [5.74, 6) is 0. The van der Waals surface area contributed by atoms with Crippen molar-refractivity contribution in [2.75, 3.05) is 26.8 Å². The highest BCUT2D eigenvalue weighted by molar-refractivity contribution is 5.01. The minimum absolute atomic E-state index is 0.438. The van der Waals surface area contributed by atoms with Crippen LogP contribution in [0.5, 0.6) is 0 Å². The van der Waals surface area contributed by atoms with Gasteiger partial charge in [0.15, 0.2) is 0 Å². The zero-order chi connectivity index (χ0) is 13.0. The Morgan fingerprint density at radius 3 is 2.72 bits per heavy atom. The fourth-order valence-electron chi connectivity index (χ4n) is 3.72. The van der Waals surface area contributed by atoms with E-state index in [9.17, 15) is 0 Å². The van der Waals surface area contributed by atoms with E-state index in [0.717, 1.165) is 13.0 Å². The summed E-state index contributed by atoms with van der Waals surface area (Å²) >= 11 is 0. The smallest absolute Gasteiger partial charge is 0.0477 e. The van der Waals surface area contributed by atoms with Crippen LogP contribution in [-0.4, -0.2) is 49.3 Å². The summed E-state index contributed by atoms with van der Waals surface area (Å²) < 4.78 is 5.25. The van der Waals surface area contributed by atoms with Crippen LogP contribution in [0.2, 0.25) is 0 Å². The zero-order valence-electron chi connectivity index (χ0n) is 12.4. The molecule has 0 aromatic carbocycles. The molecule has 1 N–H and O–H groups in total. The predicted octanol–water partition coefficient (Wildman–Crippen LogP) is 2.41. The van der Waals surface area contributed by atoms with Crippen molar-refractivity contribution in [3.8, 4) is 0 Å². The lowest BCUT2D eigenvalue weighted by atomic mass is 9.90. The molecule has 3 nitrogen and oxygen atoms in total. The molecular weight excluding hydrogens is 224 g/mol. The number of nitrogens with one attached hydrogen (secondary N) is 1. The molecule has 0 amide bonds. The van der Waals surface area contributed by atoms with E-state index in [1.165, 1.54) is 45.2 Å². The van der Waals surface area contributed by atoms with E-state index in [1.54, 1.807) is 7.11 Å². The van der Waals surface area contributed by atoms with E-state index in [4.69, 9.17) is 4.74 Å². The molecule has 0 aromatic rings. The molecule has 3 heteroatoms. The lowest BCUT2D eigenvalue weighted by Gasteiger charge is -2.48. The second kappa shape index (κ2) is 6.36. The summed E-state index contributed by atoms with van der Waals surface area (Å²) in [7, 11) is 1.81. The van der Waals surface area contributed by atoms with Gasteiger partial charge in [-0.3, -0.25) is 4.90 Å². The fourth-order valence-corrected chi connectivity index (χ4v) is 3.72. The summed E-state index contributed by atoms with van der Waals surface area (Å²) in [6.07, 6.45) is 7.96. The third-order valence-corrected chi connectivity index (χ3v) is 5.00. The van der Waals surface area contributed by atoms with Gasteiger partial charge in [-0.25, -0.2) is 0 Å². The van der Waals surface area contributed by atoms with Gasteiger partial charge < -0.3 is 10.1 Å². The van der Waals surface area contributed by atoms with Gasteiger partial charge in [0.25, 0.3) is 0 Å². The monoisotopic (exact) mass is 254 g/mol. The van der Waals surface area contributed by atoms with Crippen LogP contribution in [0.3, 0.4) is 0 Å². The highest BCUT2D eigenvalue weighted by atomic mass is 16.5.